The second-order valence-electron chi connectivity index (χ2n) is 5.55. The lowest BCUT2D eigenvalue weighted by molar-refractivity contribution is 0.102. The fourth-order valence-electron chi connectivity index (χ4n) is 2.57. The van der Waals surface area contributed by atoms with Crippen LogP contribution in [0.15, 0.2) is 41.5 Å². The van der Waals surface area contributed by atoms with E-state index in [1.165, 1.54) is 23.9 Å². The Bertz CT molecular complexity index is 759. The molecule has 0 aliphatic carbocycles. The van der Waals surface area contributed by atoms with E-state index in [0.29, 0.717) is 28.5 Å². The van der Waals surface area contributed by atoms with E-state index in [9.17, 15) is 9.18 Å². The van der Waals surface area contributed by atoms with Crippen molar-refractivity contribution in [3.8, 4) is 0 Å². The Morgan fingerprint density at radius 2 is 2.30 bits per heavy atom. The molecule has 1 atom stereocenters. The summed E-state index contributed by atoms with van der Waals surface area (Å²) in [5.41, 5.74) is 6.48. The number of nitrogens with zero attached hydrogens (tertiary/aromatic N) is 1. The molecule has 1 unspecified atom stereocenters. The maximum Gasteiger partial charge on any atom is 0.272 e. The fourth-order valence-corrected chi connectivity index (χ4v) is 3.54. The van der Waals surface area contributed by atoms with Gasteiger partial charge in [-0.2, -0.15) is 0 Å². The fraction of sp³-hybridized carbons (Fsp3) is 0.250. The lowest BCUT2D eigenvalue weighted by Gasteiger charge is -2.30. The molecular formula is C16H17FN4OS. The summed E-state index contributed by atoms with van der Waals surface area (Å²) < 4.78 is 14.3. The molecule has 1 amide bonds. The number of thioether (sulfide) groups is 1. The van der Waals surface area contributed by atoms with Crippen LogP contribution in [0.4, 0.5) is 10.1 Å². The summed E-state index contributed by atoms with van der Waals surface area (Å²) in [6, 6.07) is 7.92. The van der Waals surface area contributed by atoms with Crippen molar-refractivity contribution in [1.82, 2.24) is 4.98 Å². The van der Waals surface area contributed by atoms with Crippen molar-refractivity contribution in [2.45, 2.75) is 18.9 Å². The van der Waals surface area contributed by atoms with Gasteiger partial charge in [-0.25, -0.2) is 4.39 Å². The third-order valence-electron chi connectivity index (χ3n) is 3.84. The van der Waals surface area contributed by atoms with E-state index in [1.807, 2.05) is 6.92 Å². The highest BCUT2D eigenvalue weighted by molar-refractivity contribution is 8.13. The number of amides is 1. The number of benzene rings is 1. The minimum atomic E-state index is -0.716. The molecule has 3 rings (SSSR count). The average molecular weight is 332 g/mol. The van der Waals surface area contributed by atoms with Crippen molar-refractivity contribution < 1.29 is 9.18 Å². The van der Waals surface area contributed by atoms with E-state index in [2.05, 4.69) is 15.3 Å². The highest BCUT2D eigenvalue weighted by atomic mass is 32.2. The molecule has 2 aromatic rings. The third kappa shape index (κ3) is 3.24. The molecule has 1 aliphatic rings. The number of rotatable bonds is 3. The first kappa shape index (κ1) is 15.6. The lowest BCUT2D eigenvalue weighted by atomic mass is 9.89. The zero-order valence-electron chi connectivity index (χ0n) is 12.6. The zero-order chi connectivity index (χ0) is 16.4. The molecule has 1 aromatic carbocycles. The van der Waals surface area contributed by atoms with Crippen molar-refractivity contribution in [3.63, 3.8) is 0 Å². The molecule has 1 aliphatic heterocycles. The molecular weight excluding hydrogens is 315 g/mol. The molecule has 5 nitrogen and oxygen atoms in total. The zero-order valence-corrected chi connectivity index (χ0v) is 13.4. The number of hydrogen-bond acceptors (Lipinski definition) is 4. The number of aliphatic imine (C=N–C) groups is 1. The van der Waals surface area contributed by atoms with Gasteiger partial charge in [-0.1, -0.05) is 11.8 Å². The van der Waals surface area contributed by atoms with Crippen LogP contribution in [-0.4, -0.2) is 21.8 Å². The number of nitrogens with one attached hydrogen (secondary N) is 2. The van der Waals surface area contributed by atoms with Gasteiger partial charge in [0.2, 0.25) is 0 Å². The highest BCUT2D eigenvalue weighted by Gasteiger charge is 2.32. The van der Waals surface area contributed by atoms with Crippen LogP contribution < -0.4 is 11.1 Å². The number of carbonyl (C=O) groups excluding carboxylic acids is 1. The van der Waals surface area contributed by atoms with Crippen LogP contribution in [0.5, 0.6) is 0 Å². The normalized spacial score (nSPS) is 20.9. The monoisotopic (exact) mass is 332 g/mol. The van der Waals surface area contributed by atoms with E-state index >= 15 is 0 Å². The van der Waals surface area contributed by atoms with Crippen molar-refractivity contribution >= 4 is 28.5 Å². The van der Waals surface area contributed by atoms with Crippen LogP contribution in [0.3, 0.4) is 0 Å². The number of hydrogen-bond donors (Lipinski definition) is 3. The van der Waals surface area contributed by atoms with E-state index in [0.717, 1.165) is 5.75 Å². The lowest BCUT2D eigenvalue weighted by Crippen LogP contribution is -2.29. The average Bonchev–Trinajstić information content (AvgIpc) is 3.03. The number of halogens is 1. The minimum absolute atomic E-state index is 0.278. The molecule has 0 saturated carbocycles. The van der Waals surface area contributed by atoms with Crippen LogP contribution in [0.2, 0.25) is 0 Å². The van der Waals surface area contributed by atoms with Crippen LogP contribution in [-0.2, 0) is 5.54 Å². The van der Waals surface area contributed by atoms with Gasteiger partial charge >= 0.3 is 0 Å². The first-order valence-corrected chi connectivity index (χ1v) is 8.19. The molecule has 120 valence electrons. The summed E-state index contributed by atoms with van der Waals surface area (Å²) in [4.78, 5) is 19.3. The van der Waals surface area contributed by atoms with Crippen LogP contribution in [0.1, 0.15) is 29.4 Å². The molecule has 0 saturated heterocycles. The predicted octanol–water partition coefficient (Wildman–Crippen LogP) is 3.07. The maximum atomic E-state index is 14.3. The molecule has 2 heterocycles. The minimum Gasteiger partial charge on any atom is -0.379 e. The standard InChI is InChI=1S/C16H17FN4OS/c1-16(6-8-23-15(18)21-16)11-9-10(4-5-12(11)17)20-14(22)13-3-2-7-19-13/h2-5,7,9,19H,6,8H2,1H3,(H2,18,21)(H,20,22). The summed E-state index contributed by atoms with van der Waals surface area (Å²) >= 11 is 1.47. The molecule has 7 heteroatoms. The Hall–Kier alpha value is -2.28. The van der Waals surface area contributed by atoms with Crippen molar-refractivity contribution in [3.05, 3.63) is 53.6 Å². The first-order chi connectivity index (χ1) is 11.0. The van der Waals surface area contributed by atoms with E-state index in [4.69, 9.17) is 5.73 Å². The van der Waals surface area contributed by atoms with Crippen LogP contribution in [0, 0.1) is 5.82 Å². The summed E-state index contributed by atoms with van der Waals surface area (Å²) in [7, 11) is 0. The largest absolute Gasteiger partial charge is 0.379 e. The second-order valence-corrected chi connectivity index (χ2v) is 6.67. The number of amidine groups is 1. The molecule has 0 fully saturated rings. The van der Waals surface area contributed by atoms with E-state index in [-0.39, 0.29) is 11.7 Å². The van der Waals surface area contributed by atoms with E-state index < -0.39 is 5.54 Å². The number of anilines is 1. The quantitative estimate of drug-likeness (QED) is 0.808. The third-order valence-corrected chi connectivity index (χ3v) is 4.64. The maximum absolute atomic E-state index is 14.3. The van der Waals surface area contributed by atoms with Gasteiger partial charge < -0.3 is 16.0 Å². The predicted molar refractivity (Wildman–Crippen MR) is 91.2 cm³/mol. The van der Waals surface area contributed by atoms with Gasteiger partial charge in [0.1, 0.15) is 11.5 Å². The molecule has 4 N–H and O–H groups in total. The number of nitrogens with two attached hydrogens (primary N) is 1. The molecule has 23 heavy (non-hydrogen) atoms. The van der Waals surface area contributed by atoms with Crippen molar-refractivity contribution in [2.24, 2.45) is 10.7 Å². The van der Waals surface area contributed by atoms with Gasteiger partial charge in [-0.15, -0.1) is 0 Å². The van der Waals surface area contributed by atoms with Gasteiger partial charge in [0.05, 0.1) is 5.54 Å². The summed E-state index contributed by atoms with van der Waals surface area (Å²) in [5.74, 6) is 0.151. The SMILES string of the molecule is CC1(c2cc(NC(=O)c3ccc[nH]3)ccc2F)CCSC(N)=N1. The van der Waals surface area contributed by atoms with Crippen LogP contribution in [0.25, 0.3) is 0 Å². The van der Waals surface area contributed by atoms with Gasteiger partial charge in [0, 0.05) is 23.2 Å². The van der Waals surface area contributed by atoms with Gasteiger partial charge in [0.15, 0.2) is 5.17 Å². The van der Waals surface area contributed by atoms with Crippen LogP contribution >= 0.6 is 11.8 Å². The number of carbonyl (C=O) groups is 1. The number of H-pyrrole nitrogens is 1. The molecule has 0 bridgehead atoms. The molecule has 0 radical (unpaired) electrons. The molecule has 1 aromatic heterocycles. The molecule has 0 spiro atoms. The van der Waals surface area contributed by atoms with Gasteiger partial charge in [0.25, 0.3) is 5.91 Å². The Balaban J connectivity index is 1.90. The number of aromatic nitrogens is 1. The summed E-state index contributed by atoms with van der Waals surface area (Å²) in [6.45, 7) is 1.86. The van der Waals surface area contributed by atoms with Crippen molar-refractivity contribution in [2.75, 3.05) is 11.1 Å². The van der Waals surface area contributed by atoms with Gasteiger partial charge in [-0.3, -0.25) is 9.79 Å². The summed E-state index contributed by atoms with van der Waals surface area (Å²) in [5, 5.41) is 3.22. The highest BCUT2D eigenvalue weighted by Crippen LogP contribution is 2.37. The number of aromatic amines is 1. The Kier molecular flexibility index (Phi) is 4.12. The van der Waals surface area contributed by atoms with E-state index in [1.54, 1.807) is 24.4 Å². The first-order valence-electron chi connectivity index (χ1n) is 7.21. The Labute approximate surface area is 137 Å². The van der Waals surface area contributed by atoms with Gasteiger partial charge in [-0.05, 0) is 43.7 Å². The summed E-state index contributed by atoms with van der Waals surface area (Å²) in [6.07, 6.45) is 2.35. The van der Waals surface area contributed by atoms with Crippen molar-refractivity contribution in [1.29, 1.82) is 0 Å². The smallest absolute Gasteiger partial charge is 0.272 e. The Morgan fingerprint density at radius 3 is 3.00 bits per heavy atom. The Morgan fingerprint density at radius 1 is 1.48 bits per heavy atom. The topological polar surface area (TPSA) is 83.3 Å². The second kappa shape index (κ2) is 6.08.